The molecule has 0 bridgehead atoms. The molecule has 0 atom stereocenters. The van der Waals surface area contributed by atoms with E-state index in [1.165, 1.54) is 44.6 Å². The first kappa shape index (κ1) is 16.5. The minimum atomic E-state index is -0.813. The second-order valence-electron chi connectivity index (χ2n) is 7.53. The van der Waals surface area contributed by atoms with E-state index in [1.54, 1.807) is 6.07 Å². The monoisotopic (exact) mass is 316 g/mol. The fraction of sp³-hybridized carbons (Fsp3) is 0.619. The van der Waals surface area contributed by atoms with Crippen LogP contribution in [0.25, 0.3) is 0 Å². The number of hydrogen-bond donors (Lipinski definition) is 0. The van der Waals surface area contributed by atoms with Crippen LogP contribution >= 0.6 is 0 Å². The summed E-state index contributed by atoms with van der Waals surface area (Å²) >= 11 is 0. The van der Waals surface area contributed by atoms with Crippen LogP contribution in [0.15, 0.2) is 18.2 Å². The summed E-state index contributed by atoms with van der Waals surface area (Å²) in [6, 6.07) is 3.90. The zero-order valence-electron chi connectivity index (χ0n) is 14.0. The molecule has 0 nitrogen and oxygen atoms in total. The van der Waals surface area contributed by atoms with E-state index in [1.807, 2.05) is 0 Å². The zero-order valence-corrected chi connectivity index (χ0v) is 14.0. The maximum atomic E-state index is 13.2. The average Bonchev–Trinajstić information content (AvgIpc) is 2.57. The molecule has 0 heterocycles. The van der Waals surface area contributed by atoms with Crippen LogP contribution in [0.4, 0.5) is 8.78 Å². The number of halogens is 2. The summed E-state index contributed by atoms with van der Waals surface area (Å²) in [4.78, 5) is 0. The smallest absolute Gasteiger partial charge is 0.160 e. The van der Waals surface area contributed by atoms with E-state index in [-0.39, 0.29) is 0 Å². The lowest BCUT2D eigenvalue weighted by atomic mass is 9.69. The van der Waals surface area contributed by atoms with Gasteiger partial charge >= 0.3 is 0 Å². The normalized spacial score (nSPS) is 31.3. The van der Waals surface area contributed by atoms with Crippen molar-refractivity contribution in [2.75, 3.05) is 0 Å². The fourth-order valence-corrected chi connectivity index (χ4v) is 4.25. The maximum absolute atomic E-state index is 13.2. The Morgan fingerprint density at radius 3 is 2.04 bits per heavy atom. The molecule has 2 saturated carbocycles. The number of benzene rings is 1. The van der Waals surface area contributed by atoms with E-state index in [9.17, 15) is 8.78 Å². The highest BCUT2D eigenvalue weighted by Crippen LogP contribution is 2.41. The predicted octanol–water partition coefficient (Wildman–Crippen LogP) is 5.95. The Balaban J connectivity index is 1.51. The Bertz CT molecular complexity index is 580. The van der Waals surface area contributed by atoms with Gasteiger partial charge in [-0.25, -0.2) is 8.78 Å². The molecule has 0 amide bonds. The topological polar surface area (TPSA) is 0 Å². The van der Waals surface area contributed by atoms with Gasteiger partial charge in [0.05, 0.1) is 0 Å². The van der Waals surface area contributed by atoms with Crippen LogP contribution in [-0.4, -0.2) is 0 Å². The molecule has 1 aromatic rings. The molecule has 2 fully saturated rings. The van der Waals surface area contributed by atoms with Gasteiger partial charge in [0.25, 0.3) is 0 Å². The van der Waals surface area contributed by atoms with Crippen molar-refractivity contribution in [1.29, 1.82) is 0 Å². The van der Waals surface area contributed by atoms with Gasteiger partial charge in [-0.15, -0.1) is 0 Å². The van der Waals surface area contributed by atoms with Gasteiger partial charge in [-0.1, -0.05) is 31.6 Å². The molecular formula is C21H26F2. The van der Waals surface area contributed by atoms with Gasteiger partial charge in [0.1, 0.15) is 0 Å². The molecule has 0 saturated heterocycles. The largest absolute Gasteiger partial charge is 0.204 e. The first-order valence-electron chi connectivity index (χ1n) is 9.08. The lowest BCUT2D eigenvalue weighted by Gasteiger charge is -2.36. The quantitative estimate of drug-likeness (QED) is 0.562. The highest BCUT2D eigenvalue weighted by Gasteiger charge is 2.29. The molecule has 2 aliphatic carbocycles. The standard InChI is InChI=1S/C21H26F2/c1-15-2-9-18(10-3-15)19-11-6-16(7-12-19)4-5-17-8-13-20(22)21(23)14-17/h8,13-16,18-19H,2-3,6-7,9-12H2,1H3. The molecule has 0 radical (unpaired) electrons. The van der Waals surface area contributed by atoms with Crippen LogP contribution in [0.3, 0.4) is 0 Å². The molecule has 1 aromatic carbocycles. The van der Waals surface area contributed by atoms with Gasteiger partial charge in [-0.2, -0.15) is 0 Å². The van der Waals surface area contributed by atoms with Crippen molar-refractivity contribution in [3.05, 3.63) is 35.4 Å². The van der Waals surface area contributed by atoms with E-state index in [0.29, 0.717) is 11.5 Å². The van der Waals surface area contributed by atoms with E-state index in [4.69, 9.17) is 0 Å². The minimum absolute atomic E-state index is 0.418. The Morgan fingerprint density at radius 1 is 0.826 bits per heavy atom. The van der Waals surface area contributed by atoms with Crippen molar-refractivity contribution in [3.8, 4) is 11.8 Å². The van der Waals surface area contributed by atoms with Crippen molar-refractivity contribution in [2.24, 2.45) is 23.7 Å². The van der Waals surface area contributed by atoms with Crippen LogP contribution in [0, 0.1) is 47.1 Å². The molecule has 2 aliphatic rings. The fourth-order valence-electron chi connectivity index (χ4n) is 4.25. The summed E-state index contributed by atoms with van der Waals surface area (Å²) in [7, 11) is 0. The van der Waals surface area contributed by atoms with Crippen LogP contribution < -0.4 is 0 Å². The molecule has 2 heteroatoms. The van der Waals surface area contributed by atoms with E-state index < -0.39 is 11.6 Å². The average molecular weight is 316 g/mol. The summed E-state index contributed by atoms with van der Waals surface area (Å²) in [6.45, 7) is 2.38. The van der Waals surface area contributed by atoms with Crippen LogP contribution in [0.1, 0.15) is 63.9 Å². The highest BCUT2D eigenvalue weighted by atomic mass is 19.2. The van der Waals surface area contributed by atoms with Crippen LogP contribution in [0.5, 0.6) is 0 Å². The van der Waals surface area contributed by atoms with E-state index in [2.05, 4.69) is 18.8 Å². The van der Waals surface area contributed by atoms with Gasteiger partial charge in [-0.05, 0) is 74.5 Å². The Hall–Kier alpha value is -1.36. The lowest BCUT2D eigenvalue weighted by Crippen LogP contribution is -2.24. The van der Waals surface area contributed by atoms with Gasteiger partial charge in [0, 0.05) is 11.5 Å². The third kappa shape index (κ3) is 4.34. The first-order chi connectivity index (χ1) is 11.1. The third-order valence-electron chi connectivity index (χ3n) is 5.84. The van der Waals surface area contributed by atoms with Crippen molar-refractivity contribution in [3.63, 3.8) is 0 Å². The molecule has 0 aromatic heterocycles. The summed E-state index contributed by atoms with van der Waals surface area (Å²) in [5.41, 5.74) is 0.576. The zero-order chi connectivity index (χ0) is 16.2. The molecule has 23 heavy (non-hydrogen) atoms. The van der Waals surface area contributed by atoms with Crippen molar-refractivity contribution in [1.82, 2.24) is 0 Å². The summed E-state index contributed by atoms with van der Waals surface area (Å²) in [6.07, 6.45) is 10.5. The SMILES string of the molecule is CC1CCC(C2CCC(C#Cc3ccc(F)c(F)c3)CC2)CC1. The number of rotatable bonds is 1. The van der Waals surface area contributed by atoms with E-state index >= 15 is 0 Å². The predicted molar refractivity (Wildman–Crippen MR) is 89.8 cm³/mol. The second kappa shape index (κ2) is 7.47. The van der Waals surface area contributed by atoms with Gasteiger partial charge in [0.15, 0.2) is 11.6 Å². The van der Waals surface area contributed by atoms with Crippen molar-refractivity contribution >= 4 is 0 Å². The molecule has 0 N–H and O–H groups in total. The molecule has 3 rings (SSSR count). The summed E-state index contributed by atoms with van der Waals surface area (Å²) < 4.78 is 26.1. The molecule has 124 valence electrons. The van der Waals surface area contributed by atoms with E-state index in [0.717, 1.165) is 36.7 Å². The van der Waals surface area contributed by atoms with Crippen molar-refractivity contribution in [2.45, 2.75) is 58.3 Å². The molecular weight excluding hydrogens is 290 g/mol. The Labute approximate surface area is 138 Å². The van der Waals surface area contributed by atoms with Gasteiger partial charge < -0.3 is 0 Å². The summed E-state index contributed by atoms with van der Waals surface area (Å²) in [5, 5.41) is 0. The summed E-state index contributed by atoms with van der Waals surface area (Å²) in [5.74, 6) is 7.85. The van der Waals surface area contributed by atoms with Crippen LogP contribution in [-0.2, 0) is 0 Å². The highest BCUT2D eigenvalue weighted by molar-refractivity contribution is 5.35. The van der Waals surface area contributed by atoms with Crippen LogP contribution in [0.2, 0.25) is 0 Å². The Kier molecular flexibility index (Phi) is 5.36. The maximum Gasteiger partial charge on any atom is 0.160 e. The molecule has 0 unspecified atom stereocenters. The van der Waals surface area contributed by atoms with Gasteiger partial charge in [0.2, 0.25) is 0 Å². The second-order valence-corrected chi connectivity index (χ2v) is 7.53. The Morgan fingerprint density at radius 2 is 1.43 bits per heavy atom. The minimum Gasteiger partial charge on any atom is -0.204 e. The number of hydrogen-bond acceptors (Lipinski definition) is 0. The molecule has 0 spiro atoms. The first-order valence-corrected chi connectivity index (χ1v) is 9.08. The van der Waals surface area contributed by atoms with Crippen molar-refractivity contribution < 1.29 is 8.78 Å². The lowest BCUT2D eigenvalue weighted by molar-refractivity contribution is 0.162. The molecule has 0 aliphatic heterocycles. The third-order valence-corrected chi connectivity index (χ3v) is 5.84. The van der Waals surface area contributed by atoms with Gasteiger partial charge in [-0.3, -0.25) is 0 Å².